The van der Waals surface area contributed by atoms with E-state index in [4.69, 9.17) is 9.15 Å². The molecule has 0 aliphatic carbocycles. The molecule has 0 fully saturated rings. The molecule has 1 aromatic carbocycles. The van der Waals surface area contributed by atoms with E-state index < -0.39 is 0 Å². The van der Waals surface area contributed by atoms with Gasteiger partial charge in [0.1, 0.15) is 17.3 Å². The second-order valence-electron chi connectivity index (χ2n) is 6.32. The fourth-order valence-electron chi connectivity index (χ4n) is 2.45. The SMILES string of the molecule is Cc1ccc(C=Cc2nc(SCC(=O)NCCCOCc3ccccc3)n[nH]2)o1. The summed E-state index contributed by atoms with van der Waals surface area (Å²) in [5, 5.41) is 10.3. The Labute approximate surface area is 173 Å². The van der Waals surface area contributed by atoms with E-state index in [1.807, 2.05) is 55.5 Å². The maximum atomic E-state index is 11.9. The Balaban J connectivity index is 1.27. The predicted octanol–water partition coefficient (Wildman–Crippen LogP) is 3.69. The lowest BCUT2D eigenvalue weighted by Gasteiger charge is -2.06. The number of aryl methyl sites for hydroxylation is 1. The molecule has 0 saturated heterocycles. The molecule has 7 nitrogen and oxygen atoms in total. The van der Waals surface area contributed by atoms with Gasteiger partial charge in [0.2, 0.25) is 11.1 Å². The number of nitrogens with one attached hydrogen (secondary N) is 2. The van der Waals surface area contributed by atoms with E-state index in [0.29, 0.717) is 30.7 Å². The first-order valence-electron chi connectivity index (χ1n) is 9.37. The summed E-state index contributed by atoms with van der Waals surface area (Å²) in [6, 6.07) is 13.8. The number of amides is 1. The molecule has 0 bridgehead atoms. The van der Waals surface area contributed by atoms with E-state index in [-0.39, 0.29) is 11.7 Å². The summed E-state index contributed by atoms with van der Waals surface area (Å²) >= 11 is 1.29. The largest absolute Gasteiger partial charge is 0.462 e. The van der Waals surface area contributed by atoms with Gasteiger partial charge in [-0.1, -0.05) is 42.1 Å². The third-order valence-electron chi connectivity index (χ3n) is 3.88. The minimum atomic E-state index is -0.0500. The number of hydrogen-bond donors (Lipinski definition) is 2. The number of rotatable bonds is 11. The summed E-state index contributed by atoms with van der Waals surface area (Å²) in [5.74, 6) is 2.43. The van der Waals surface area contributed by atoms with E-state index in [1.54, 1.807) is 6.08 Å². The number of ether oxygens (including phenoxy) is 1. The number of thioether (sulfide) groups is 1. The number of furan rings is 1. The molecule has 8 heteroatoms. The third kappa shape index (κ3) is 7.59. The van der Waals surface area contributed by atoms with E-state index >= 15 is 0 Å². The molecule has 1 amide bonds. The number of benzene rings is 1. The lowest BCUT2D eigenvalue weighted by molar-refractivity contribution is -0.118. The lowest BCUT2D eigenvalue weighted by Crippen LogP contribution is -2.26. The molecular formula is C21H24N4O3S. The van der Waals surface area contributed by atoms with Crippen molar-refractivity contribution in [1.82, 2.24) is 20.5 Å². The van der Waals surface area contributed by atoms with Crippen molar-refractivity contribution in [1.29, 1.82) is 0 Å². The maximum Gasteiger partial charge on any atom is 0.230 e. The molecule has 0 unspecified atom stereocenters. The van der Waals surface area contributed by atoms with Crippen molar-refractivity contribution in [3.8, 4) is 0 Å². The van der Waals surface area contributed by atoms with Crippen molar-refractivity contribution < 1.29 is 13.9 Å². The average Bonchev–Trinajstić information content (AvgIpc) is 3.37. The Morgan fingerprint density at radius 2 is 2.10 bits per heavy atom. The number of nitrogens with zero attached hydrogens (tertiary/aromatic N) is 2. The van der Waals surface area contributed by atoms with Crippen molar-refractivity contribution in [3.05, 3.63) is 65.4 Å². The molecule has 2 N–H and O–H groups in total. The quantitative estimate of drug-likeness (QED) is 0.369. The van der Waals surface area contributed by atoms with Crippen molar-refractivity contribution in [3.63, 3.8) is 0 Å². The summed E-state index contributed by atoms with van der Waals surface area (Å²) in [5.41, 5.74) is 1.15. The molecule has 3 aromatic rings. The minimum Gasteiger partial charge on any atom is -0.462 e. The van der Waals surface area contributed by atoms with E-state index in [2.05, 4.69) is 20.5 Å². The highest BCUT2D eigenvalue weighted by molar-refractivity contribution is 7.99. The summed E-state index contributed by atoms with van der Waals surface area (Å²) in [7, 11) is 0. The molecule has 0 aliphatic heterocycles. The van der Waals surface area contributed by atoms with Crippen LogP contribution in [0.4, 0.5) is 0 Å². The van der Waals surface area contributed by atoms with Crippen LogP contribution in [-0.4, -0.2) is 40.0 Å². The van der Waals surface area contributed by atoms with Crippen LogP contribution in [0, 0.1) is 6.92 Å². The molecule has 0 spiro atoms. The van der Waals surface area contributed by atoms with Crippen LogP contribution >= 0.6 is 11.8 Å². The Hall–Kier alpha value is -2.84. The highest BCUT2D eigenvalue weighted by Gasteiger charge is 2.06. The molecule has 2 heterocycles. The molecule has 0 aliphatic rings. The second kappa shape index (κ2) is 11.2. The van der Waals surface area contributed by atoms with Crippen LogP contribution in [0.5, 0.6) is 0 Å². The summed E-state index contributed by atoms with van der Waals surface area (Å²) in [4.78, 5) is 16.2. The highest BCUT2D eigenvalue weighted by Crippen LogP contribution is 2.14. The molecule has 0 radical (unpaired) electrons. The Morgan fingerprint density at radius 1 is 1.24 bits per heavy atom. The van der Waals surface area contributed by atoms with Crippen LogP contribution in [0.25, 0.3) is 12.2 Å². The summed E-state index contributed by atoms with van der Waals surface area (Å²) < 4.78 is 11.1. The van der Waals surface area contributed by atoms with Crippen LogP contribution in [0.3, 0.4) is 0 Å². The van der Waals surface area contributed by atoms with Gasteiger partial charge in [-0.3, -0.25) is 9.89 Å². The zero-order chi connectivity index (χ0) is 20.3. The first-order chi connectivity index (χ1) is 14.2. The maximum absolute atomic E-state index is 11.9. The van der Waals surface area contributed by atoms with Gasteiger partial charge in [0.05, 0.1) is 12.4 Å². The number of aromatic amines is 1. The minimum absolute atomic E-state index is 0.0500. The predicted molar refractivity (Wildman–Crippen MR) is 113 cm³/mol. The number of carbonyl (C=O) groups excluding carboxylic acids is 1. The molecule has 0 saturated carbocycles. The molecule has 3 rings (SSSR count). The molecule has 29 heavy (non-hydrogen) atoms. The van der Waals surface area contributed by atoms with Gasteiger partial charge in [-0.05, 0) is 43.2 Å². The summed E-state index contributed by atoms with van der Waals surface area (Å²) in [6.07, 6.45) is 4.37. The van der Waals surface area contributed by atoms with Gasteiger partial charge in [0.15, 0.2) is 0 Å². The standard InChI is InChI=1S/C21H24N4O3S/c1-16-8-9-18(28-16)10-11-19-23-21(25-24-19)29-15-20(26)22-12-5-13-27-14-17-6-3-2-4-7-17/h2-4,6-11H,5,12-15H2,1H3,(H,22,26)(H,23,24,25). The Kier molecular flexibility index (Phi) is 8.09. The van der Waals surface area contributed by atoms with Gasteiger partial charge < -0.3 is 14.5 Å². The van der Waals surface area contributed by atoms with Gasteiger partial charge in [0.25, 0.3) is 0 Å². The number of aromatic nitrogens is 3. The summed E-state index contributed by atoms with van der Waals surface area (Å²) in [6.45, 7) is 3.67. The molecule has 2 aromatic heterocycles. The van der Waals surface area contributed by atoms with Crippen LogP contribution in [0.2, 0.25) is 0 Å². The van der Waals surface area contributed by atoms with Gasteiger partial charge in [-0.25, -0.2) is 4.98 Å². The highest BCUT2D eigenvalue weighted by atomic mass is 32.2. The average molecular weight is 413 g/mol. The fraction of sp³-hybridized carbons (Fsp3) is 0.286. The van der Waals surface area contributed by atoms with Gasteiger partial charge in [0, 0.05) is 13.2 Å². The molecule has 0 atom stereocenters. The zero-order valence-electron chi connectivity index (χ0n) is 16.3. The van der Waals surface area contributed by atoms with E-state index in [0.717, 1.165) is 23.5 Å². The van der Waals surface area contributed by atoms with E-state index in [1.165, 1.54) is 11.8 Å². The van der Waals surface area contributed by atoms with E-state index in [9.17, 15) is 4.79 Å². The number of carbonyl (C=O) groups is 1. The van der Waals surface area contributed by atoms with Gasteiger partial charge in [-0.2, -0.15) is 0 Å². The van der Waals surface area contributed by atoms with Crippen LogP contribution in [-0.2, 0) is 16.1 Å². The number of H-pyrrole nitrogens is 1. The smallest absolute Gasteiger partial charge is 0.230 e. The Bertz CT molecular complexity index is 921. The fourth-order valence-corrected chi connectivity index (χ4v) is 3.08. The molecular weight excluding hydrogens is 388 g/mol. The van der Waals surface area contributed by atoms with Crippen molar-refractivity contribution >= 4 is 29.8 Å². The second-order valence-corrected chi connectivity index (χ2v) is 7.26. The van der Waals surface area contributed by atoms with Gasteiger partial charge >= 0.3 is 0 Å². The molecule has 152 valence electrons. The number of hydrogen-bond acceptors (Lipinski definition) is 6. The topological polar surface area (TPSA) is 93.0 Å². The van der Waals surface area contributed by atoms with Crippen LogP contribution < -0.4 is 5.32 Å². The first-order valence-corrected chi connectivity index (χ1v) is 10.4. The normalized spacial score (nSPS) is 11.2. The van der Waals surface area contributed by atoms with Gasteiger partial charge in [-0.15, -0.1) is 5.10 Å². The third-order valence-corrected chi connectivity index (χ3v) is 4.73. The Morgan fingerprint density at radius 3 is 2.90 bits per heavy atom. The van der Waals surface area contributed by atoms with Crippen molar-refractivity contribution in [2.24, 2.45) is 0 Å². The van der Waals surface area contributed by atoms with Crippen molar-refractivity contribution in [2.45, 2.75) is 25.1 Å². The zero-order valence-corrected chi connectivity index (χ0v) is 17.1. The first kappa shape index (κ1) is 20.9. The lowest BCUT2D eigenvalue weighted by atomic mass is 10.2. The van der Waals surface area contributed by atoms with Crippen LogP contribution in [0.1, 0.15) is 29.3 Å². The van der Waals surface area contributed by atoms with Crippen LogP contribution in [0.15, 0.2) is 52.0 Å². The monoisotopic (exact) mass is 412 g/mol. The van der Waals surface area contributed by atoms with Crippen molar-refractivity contribution in [2.75, 3.05) is 18.9 Å².